The van der Waals surface area contributed by atoms with Crippen LogP contribution in [0.2, 0.25) is 0 Å². The quantitative estimate of drug-likeness (QED) is 0.526. The Labute approximate surface area is 214 Å². The summed E-state index contributed by atoms with van der Waals surface area (Å²) in [6, 6.07) is 17.6. The van der Waals surface area contributed by atoms with E-state index in [4.69, 9.17) is 4.74 Å². The molecule has 6 nitrogen and oxygen atoms in total. The molecule has 2 aromatic carbocycles. The molecule has 3 atom stereocenters. The third kappa shape index (κ3) is 5.03. The predicted octanol–water partition coefficient (Wildman–Crippen LogP) is 5.24. The van der Waals surface area contributed by atoms with E-state index in [-0.39, 0.29) is 23.8 Å². The lowest BCUT2D eigenvalue weighted by molar-refractivity contribution is -0.144. The highest BCUT2D eigenvalue weighted by Gasteiger charge is 2.42. The number of benzene rings is 2. The first kappa shape index (κ1) is 24.5. The zero-order valence-electron chi connectivity index (χ0n) is 20.7. The lowest BCUT2D eigenvalue weighted by atomic mass is 9.71. The van der Waals surface area contributed by atoms with Crippen LogP contribution in [0.15, 0.2) is 77.1 Å². The van der Waals surface area contributed by atoms with Crippen LogP contribution in [0.5, 0.6) is 0 Å². The molecule has 5 rings (SSSR count). The molecule has 0 saturated heterocycles. The van der Waals surface area contributed by atoms with Crippen molar-refractivity contribution in [1.82, 2.24) is 5.32 Å². The van der Waals surface area contributed by atoms with Gasteiger partial charge in [0.15, 0.2) is 5.78 Å². The Morgan fingerprint density at radius 1 is 1.03 bits per heavy atom. The largest absolute Gasteiger partial charge is 0.459 e. The average molecular weight is 505 g/mol. The Morgan fingerprint density at radius 2 is 1.75 bits per heavy atom. The first-order valence-corrected chi connectivity index (χ1v) is 14.2. The molecule has 0 bridgehead atoms. The maximum atomic E-state index is 13.7. The van der Waals surface area contributed by atoms with E-state index in [2.05, 4.69) is 22.2 Å². The van der Waals surface area contributed by atoms with E-state index in [1.54, 1.807) is 6.26 Å². The zero-order chi connectivity index (χ0) is 25.2. The van der Waals surface area contributed by atoms with E-state index >= 15 is 0 Å². The number of ketones is 1. The number of rotatable bonds is 6. The van der Waals surface area contributed by atoms with Crippen molar-refractivity contribution in [2.75, 3.05) is 11.0 Å². The predicted molar refractivity (Wildman–Crippen MR) is 142 cm³/mol. The summed E-state index contributed by atoms with van der Waals surface area (Å²) in [5, 5.41) is 3.42. The molecular weight excluding hydrogens is 472 g/mol. The van der Waals surface area contributed by atoms with Gasteiger partial charge in [0.1, 0.15) is 17.1 Å². The van der Waals surface area contributed by atoms with Gasteiger partial charge in [-0.3, -0.25) is 4.79 Å². The third-order valence-corrected chi connectivity index (χ3v) is 7.90. The van der Waals surface area contributed by atoms with E-state index in [0.29, 0.717) is 29.7 Å². The molecule has 0 spiro atoms. The number of carbonyl (C=O) groups excluding carboxylic acids is 2. The van der Waals surface area contributed by atoms with Gasteiger partial charge in [0.2, 0.25) is 0 Å². The van der Waals surface area contributed by atoms with Gasteiger partial charge in [0.25, 0.3) is 0 Å². The summed E-state index contributed by atoms with van der Waals surface area (Å²) >= 11 is 0. The zero-order valence-corrected chi connectivity index (χ0v) is 21.5. The highest BCUT2D eigenvalue weighted by Crippen LogP contribution is 2.46. The normalized spacial score (nSPS) is 23.2. The molecule has 0 amide bonds. The summed E-state index contributed by atoms with van der Waals surface area (Å²) in [6.45, 7) is 1.89. The van der Waals surface area contributed by atoms with Crippen molar-refractivity contribution in [3.8, 4) is 0 Å². The molecule has 188 valence electrons. The number of Topliss-reactive ketones (excluding diaryl/α,β-unsaturated/α-hetero) is 1. The molecule has 1 fully saturated rings. The van der Waals surface area contributed by atoms with Crippen LogP contribution in [-0.4, -0.2) is 28.3 Å². The van der Waals surface area contributed by atoms with E-state index in [9.17, 15) is 13.8 Å². The number of allylic oxidation sites excluding steroid dienone is 3. The second-order valence-corrected chi connectivity index (χ2v) is 11.0. The maximum absolute atomic E-state index is 13.7. The Hall–Kier alpha value is -3.19. The Bertz CT molecular complexity index is 1260. The standard InChI is InChI=1S/C29H32N2O4S/c1-18-26(29(33)35-23-13-6-7-14-23)27(20-11-8-12-22(15-20)31-36(2)34)28-24(30-18)16-21(17-25(28)32)19-9-4-3-5-10-19/h3-5,8-12,15,21,23,27,30-31H,6-7,13-14,16-17H2,1-2H3. The van der Waals surface area contributed by atoms with Gasteiger partial charge in [-0.05, 0) is 68.2 Å². The van der Waals surface area contributed by atoms with Crippen molar-refractivity contribution in [3.05, 3.63) is 88.3 Å². The average Bonchev–Trinajstić information content (AvgIpc) is 3.36. The van der Waals surface area contributed by atoms with Gasteiger partial charge < -0.3 is 14.8 Å². The molecule has 3 aliphatic rings. The van der Waals surface area contributed by atoms with Crippen molar-refractivity contribution in [2.45, 2.75) is 63.4 Å². The number of nitrogens with one attached hydrogen (secondary N) is 2. The summed E-state index contributed by atoms with van der Waals surface area (Å²) in [6.07, 6.45) is 6.47. The SMILES string of the molecule is CC1=C(C(=O)OC2CCCC2)C(c2cccc(NS(C)=O)c2)C2=C(CC(c3ccccc3)CC2=O)N1. The van der Waals surface area contributed by atoms with Crippen molar-refractivity contribution >= 4 is 28.4 Å². The molecule has 2 aromatic rings. The molecule has 1 heterocycles. The minimum atomic E-state index is -1.24. The van der Waals surface area contributed by atoms with Crippen LogP contribution in [0, 0.1) is 0 Å². The van der Waals surface area contributed by atoms with Gasteiger partial charge in [-0.25, -0.2) is 9.00 Å². The monoisotopic (exact) mass is 504 g/mol. The van der Waals surface area contributed by atoms with Gasteiger partial charge in [-0.15, -0.1) is 0 Å². The summed E-state index contributed by atoms with van der Waals surface area (Å²) < 4.78 is 20.7. The second kappa shape index (κ2) is 10.4. The summed E-state index contributed by atoms with van der Waals surface area (Å²) in [5.74, 6) is -0.773. The second-order valence-electron chi connectivity index (χ2n) is 9.92. The number of dihydropyridines is 1. The first-order chi connectivity index (χ1) is 17.4. The van der Waals surface area contributed by atoms with E-state index in [1.165, 1.54) is 0 Å². The molecule has 0 radical (unpaired) electrons. The van der Waals surface area contributed by atoms with Crippen molar-refractivity contribution in [1.29, 1.82) is 0 Å². The van der Waals surface area contributed by atoms with E-state index in [0.717, 1.165) is 48.2 Å². The number of ether oxygens (including phenoxy) is 1. The minimum Gasteiger partial charge on any atom is -0.459 e. The summed E-state index contributed by atoms with van der Waals surface area (Å²) in [4.78, 5) is 27.3. The molecule has 2 aliphatic carbocycles. The Kier molecular flexibility index (Phi) is 7.10. The number of esters is 1. The fourth-order valence-corrected chi connectivity index (χ4v) is 6.23. The van der Waals surface area contributed by atoms with Crippen LogP contribution in [0.25, 0.3) is 0 Å². The fourth-order valence-electron chi connectivity index (χ4n) is 5.77. The first-order valence-electron chi connectivity index (χ1n) is 12.6. The number of carbonyl (C=O) groups is 2. The molecule has 36 heavy (non-hydrogen) atoms. The maximum Gasteiger partial charge on any atom is 0.337 e. The van der Waals surface area contributed by atoms with Crippen LogP contribution in [0.1, 0.15) is 68.4 Å². The lowest BCUT2D eigenvalue weighted by Crippen LogP contribution is -2.36. The number of anilines is 1. The summed E-state index contributed by atoms with van der Waals surface area (Å²) in [5.41, 5.74) is 5.35. The van der Waals surface area contributed by atoms with Crippen molar-refractivity contribution in [3.63, 3.8) is 0 Å². The van der Waals surface area contributed by atoms with Gasteiger partial charge in [0, 0.05) is 41.2 Å². The topological polar surface area (TPSA) is 84.5 Å². The molecule has 1 saturated carbocycles. The lowest BCUT2D eigenvalue weighted by Gasteiger charge is -2.37. The van der Waals surface area contributed by atoms with E-state index < -0.39 is 16.9 Å². The number of hydrogen-bond donors (Lipinski definition) is 2. The van der Waals surface area contributed by atoms with E-state index in [1.807, 2.05) is 49.4 Å². The third-order valence-electron chi connectivity index (χ3n) is 7.38. The molecule has 0 aromatic heterocycles. The van der Waals surface area contributed by atoms with Crippen molar-refractivity contribution < 1.29 is 18.5 Å². The van der Waals surface area contributed by atoms with Gasteiger partial charge >= 0.3 is 5.97 Å². The van der Waals surface area contributed by atoms with Gasteiger partial charge in [-0.2, -0.15) is 0 Å². The van der Waals surface area contributed by atoms with Crippen LogP contribution in [-0.2, 0) is 25.3 Å². The van der Waals surface area contributed by atoms with Crippen LogP contribution < -0.4 is 10.0 Å². The Balaban J connectivity index is 1.56. The summed E-state index contributed by atoms with van der Waals surface area (Å²) in [7, 11) is -1.24. The number of hydrogen-bond acceptors (Lipinski definition) is 5. The van der Waals surface area contributed by atoms with Gasteiger partial charge in [-0.1, -0.05) is 42.5 Å². The van der Waals surface area contributed by atoms with Crippen molar-refractivity contribution in [2.24, 2.45) is 0 Å². The molecule has 1 aliphatic heterocycles. The van der Waals surface area contributed by atoms with Crippen LogP contribution in [0.3, 0.4) is 0 Å². The smallest absolute Gasteiger partial charge is 0.337 e. The molecule has 3 unspecified atom stereocenters. The fraction of sp³-hybridized carbons (Fsp3) is 0.379. The highest BCUT2D eigenvalue weighted by molar-refractivity contribution is 7.85. The van der Waals surface area contributed by atoms with Crippen LogP contribution in [0.4, 0.5) is 5.69 Å². The highest BCUT2D eigenvalue weighted by atomic mass is 32.2. The molecule has 7 heteroatoms. The minimum absolute atomic E-state index is 0.0405. The van der Waals surface area contributed by atoms with Gasteiger partial charge in [0.05, 0.1) is 5.57 Å². The molecule has 2 N–H and O–H groups in total. The van der Waals surface area contributed by atoms with Crippen LogP contribution >= 0.6 is 0 Å². The molecular formula is C29H32N2O4S. The Morgan fingerprint density at radius 3 is 2.47 bits per heavy atom.